The topological polar surface area (TPSA) is 90.1 Å². The van der Waals surface area contributed by atoms with Crippen molar-refractivity contribution in [3.63, 3.8) is 0 Å². The van der Waals surface area contributed by atoms with Crippen LogP contribution in [0.2, 0.25) is 0 Å². The van der Waals surface area contributed by atoms with Crippen LogP contribution >= 0.6 is 11.3 Å². The summed E-state index contributed by atoms with van der Waals surface area (Å²) in [5, 5.41) is 10.8. The summed E-state index contributed by atoms with van der Waals surface area (Å²) in [6, 6.07) is 11.4. The average molecular weight is 448 g/mol. The molecule has 4 aromatic rings. The fourth-order valence-corrected chi connectivity index (χ4v) is 3.64. The van der Waals surface area contributed by atoms with Gasteiger partial charge in [0.15, 0.2) is 5.13 Å². The molecule has 0 spiro atoms. The van der Waals surface area contributed by atoms with Crippen molar-refractivity contribution < 1.29 is 27.1 Å². The lowest BCUT2D eigenvalue weighted by molar-refractivity contribution is -0.274. The van der Waals surface area contributed by atoms with Crippen LogP contribution in [-0.2, 0) is 11.2 Å². The standard InChI is InChI=1S/C20H15F3N4O3S/c1-11-2-4-12(5-3-11)18-27-26-17(29-18)9-8-16(28)25-19-24-14-7-6-13(10-15(14)31-19)30-20(21,22)23/h2-7,10H,8-9H2,1H3,(H,24,25,28). The zero-order valence-electron chi connectivity index (χ0n) is 16.1. The van der Waals surface area contributed by atoms with Crippen LogP contribution in [0.4, 0.5) is 18.3 Å². The molecular formula is C20H15F3N4O3S. The minimum absolute atomic E-state index is 0.0773. The van der Waals surface area contributed by atoms with Gasteiger partial charge in [-0.15, -0.1) is 23.4 Å². The number of aromatic nitrogens is 3. The van der Waals surface area contributed by atoms with Gasteiger partial charge < -0.3 is 14.5 Å². The van der Waals surface area contributed by atoms with Gasteiger partial charge in [0.05, 0.1) is 10.2 Å². The van der Waals surface area contributed by atoms with Gasteiger partial charge in [-0.25, -0.2) is 4.98 Å². The van der Waals surface area contributed by atoms with Crippen LogP contribution in [-0.4, -0.2) is 27.5 Å². The van der Waals surface area contributed by atoms with E-state index in [-0.39, 0.29) is 29.6 Å². The van der Waals surface area contributed by atoms with Crippen LogP contribution in [0.25, 0.3) is 21.7 Å². The molecule has 0 bridgehead atoms. The van der Waals surface area contributed by atoms with E-state index < -0.39 is 6.36 Å². The highest BCUT2D eigenvalue weighted by molar-refractivity contribution is 7.22. The number of hydrogen-bond donors (Lipinski definition) is 1. The molecule has 0 fully saturated rings. The second kappa shape index (κ2) is 8.34. The third kappa shape index (κ3) is 5.37. The molecule has 0 saturated carbocycles. The first-order chi connectivity index (χ1) is 14.7. The zero-order chi connectivity index (χ0) is 22.0. The highest BCUT2D eigenvalue weighted by atomic mass is 32.1. The van der Waals surface area contributed by atoms with Gasteiger partial charge in [0.1, 0.15) is 5.75 Å². The van der Waals surface area contributed by atoms with Gasteiger partial charge in [-0.2, -0.15) is 0 Å². The summed E-state index contributed by atoms with van der Waals surface area (Å²) in [6.07, 6.45) is -4.46. The third-order valence-electron chi connectivity index (χ3n) is 4.17. The van der Waals surface area contributed by atoms with Gasteiger partial charge >= 0.3 is 6.36 Å². The molecule has 1 amide bonds. The Morgan fingerprint density at radius 3 is 2.68 bits per heavy atom. The van der Waals surface area contributed by atoms with Crippen molar-refractivity contribution in [2.45, 2.75) is 26.1 Å². The zero-order valence-corrected chi connectivity index (χ0v) is 16.9. The van der Waals surface area contributed by atoms with Gasteiger partial charge in [-0.05, 0) is 31.2 Å². The molecule has 0 atom stereocenters. The smallest absolute Gasteiger partial charge is 0.421 e. The molecule has 0 radical (unpaired) electrons. The number of carbonyl (C=O) groups excluding carboxylic acids is 1. The molecule has 7 nitrogen and oxygen atoms in total. The van der Waals surface area contributed by atoms with Crippen molar-refractivity contribution >= 4 is 32.6 Å². The van der Waals surface area contributed by atoms with E-state index in [4.69, 9.17) is 4.42 Å². The van der Waals surface area contributed by atoms with Gasteiger partial charge in [0, 0.05) is 24.5 Å². The van der Waals surface area contributed by atoms with Gasteiger partial charge in [-0.1, -0.05) is 29.0 Å². The van der Waals surface area contributed by atoms with E-state index in [0.717, 1.165) is 22.5 Å². The number of hydrogen-bond acceptors (Lipinski definition) is 7. The molecule has 0 saturated heterocycles. The molecule has 2 aromatic heterocycles. The number of amides is 1. The van der Waals surface area contributed by atoms with Crippen LogP contribution in [0.3, 0.4) is 0 Å². The average Bonchev–Trinajstić information content (AvgIpc) is 3.32. The quantitative estimate of drug-likeness (QED) is 0.440. The Balaban J connectivity index is 1.35. The number of thiazole rings is 1. The van der Waals surface area contributed by atoms with Crippen LogP contribution in [0.5, 0.6) is 5.75 Å². The van der Waals surface area contributed by atoms with Crippen LogP contribution in [0.15, 0.2) is 46.9 Å². The predicted molar refractivity (Wildman–Crippen MR) is 108 cm³/mol. The minimum atomic E-state index is -4.77. The van der Waals surface area contributed by atoms with E-state index in [0.29, 0.717) is 22.0 Å². The Morgan fingerprint density at radius 1 is 1.16 bits per heavy atom. The monoisotopic (exact) mass is 448 g/mol. The van der Waals surface area contributed by atoms with E-state index in [1.807, 2.05) is 31.2 Å². The number of nitrogens with zero attached hydrogens (tertiary/aromatic N) is 3. The number of alkyl halides is 3. The second-order valence-corrected chi connectivity index (χ2v) is 7.64. The normalized spacial score (nSPS) is 11.6. The third-order valence-corrected chi connectivity index (χ3v) is 5.10. The molecule has 2 aromatic carbocycles. The van der Waals surface area contributed by atoms with Crippen molar-refractivity contribution in [2.24, 2.45) is 0 Å². The number of aryl methyl sites for hydroxylation is 2. The molecule has 0 unspecified atom stereocenters. The summed E-state index contributed by atoms with van der Waals surface area (Å²) in [6.45, 7) is 1.97. The number of fused-ring (bicyclic) bond motifs is 1. The van der Waals surface area contributed by atoms with E-state index >= 15 is 0 Å². The first kappa shape index (κ1) is 20.8. The maximum absolute atomic E-state index is 12.3. The molecular weight excluding hydrogens is 433 g/mol. The molecule has 0 aliphatic carbocycles. The Morgan fingerprint density at radius 2 is 1.94 bits per heavy atom. The Labute approximate surface area is 177 Å². The molecule has 31 heavy (non-hydrogen) atoms. The number of anilines is 1. The van der Waals surface area contributed by atoms with Gasteiger partial charge in [0.25, 0.3) is 0 Å². The van der Waals surface area contributed by atoms with Crippen LogP contribution in [0, 0.1) is 6.92 Å². The Hall–Kier alpha value is -3.47. The second-order valence-electron chi connectivity index (χ2n) is 6.61. The minimum Gasteiger partial charge on any atom is -0.421 e. The molecule has 0 aliphatic rings. The number of rotatable bonds is 6. The number of benzene rings is 2. The molecule has 160 valence electrons. The van der Waals surface area contributed by atoms with Crippen molar-refractivity contribution in [1.82, 2.24) is 15.2 Å². The highest BCUT2D eigenvalue weighted by Crippen LogP contribution is 2.31. The molecule has 2 heterocycles. The van der Waals surface area contributed by atoms with Crippen LogP contribution < -0.4 is 10.1 Å². The van der Waals surface area contributed by atoms with Crippen LogP contribution in [0.1, 0.15) is 17.9 Å². The number of nitrogens with one attached hydrogen (secondary N) is 1. The molecule has 4 rings (SSSR count). The van der Waals surface area contributed by atoms with E-state index in [2.05, 4.69) is 25.2 Å². The summed E-state index contributed by atoms with van der Waals surface area (Å²) in [5.41, 5.74) is 2.35. The summed E-state index contributed by atoms with van der Waals surface area (Å²) >= 11 is 1.05. The lowest BCUT2D eigenvalue weighted by Crippen LogP contribution is -2.16. The fourth-order valence-electron chi connectivity index (χ4n) is 2.73. The lowest BCUT2D eigenvalue weighted by atomic mass is 10.1. The predicted octanol–water partition coefficient (Wildman–Crippen LogP) is 5.12. The molecule has 11 heteroatoms. The number of ether oxygens (including phenoxy) is 1. The molecule has 1 N–H and O–H groups in total. The number of carbonyl (C=O) groups is 1. The van der Waals surface area contributed by atoms with Crippen molar-refractivity contribution in [3.8, 4) is 17.2 Å². The maximum Gasteiger partial charge on any atom is 0.573 e. The maximum atomic E-state index is 12.3. The highest BCUT2D eigenvalue weighted by Gasteiger charge is 2.31. The van der Waals surface area contributed by atoms with E-state index in [1.165, 1.54) is 18.2 Å². The van der Waals surface area contributed by atoms with Gasteiger partial charge in [-0.3, -0.25) is 4.79 Å². The Kier molecular flexibility index (Phi) is 5.59. The SMILES string of the molecule is Cc1ccc(-c2nnc(CCC(=O)Nc3nc4ccc(OC(F)(F)F)cc4s3)o2)cc1. The lowest BCUT2D eigenvalue weighted by Gasteiger charge is -2.07. The Bertz CT molecular complexity index is 1220. The summed E-state index contributed by atoms with van der Waals surface area (Å²) in [4.78, 5) is 16.4. The first-order valence-corrected chi connectivity index (χ1v) is 9.92. The largest absolute Gasteiger partial charge is 0.573 e. The summed E-state index contributed by atoms with van der Waals surface area (Å²) < 4.78 is 47.0. The summed E-state index contributed by atoms with van der Waals surface area (Å²) in [5.74, 6) is 0.0191. The van der Waals surface area contributed by atoms with Crippen molar-refractivity contribution in [1.29, 1.82) is 0 Å². The fraction of sp³-hybridized carbons (Fsp3) is 0.200. The van der Waals surface area contributed by atoms with E-state index in [9.17, 15) is 18.0 Å². The van der Waals surface area contributed by atoms with E-state index in [1.54, 1.807) is 0 Å². The van der Waals surface area contributed by atoms with Crippen molar-refractivity contribution in [3.05, 3.63) is 53.9 Å². The summed E-state index contributed by atoms with van der Waals surface area (Å²) in [7, 11) is 0. The number of halogens is 3. The first-order valence-electron chi connectivity index (χ1n) is 9.11. The molecule has 0 aliphatic heterocycles. The van der Waals surface area contributed by atoms with Gasteiger partial charge in [0.2, 0.25) is 17.7 Å². The van der Waals surface area contributed by atoms with Crippen molar-refractivity contribution in [2.75, 3.05) is 5.32 Å².